The van der Waals surface area contributed by atoms with E-state index in [1.807, 2.05) is 0 Å². The van der Waals surface area contributed by atoms with E-state index in [0.29, 0.717) is 12.8 Å². The van der Waals surface area contributed by atoms with Crippen molar-refractivity contribution >= 4 is 11.9 Å². The SMILES string of the molecule is CCC/C=C\CCCCCCCC(=O)OCC(COC1OC(COC2OC(CO)C(O)C(O)C2O)C(O)C(O)C1O)OC(=O)CCCCCCCCCCC/C=C\CCCCCCCC. The van der Waals surface area contributed by atoms with Crippen LogP contribution >= 0.6 is 0 Å². The first kappa shape index (κ1) is 59.1. The fraction of sp³-hybridized carbons (Fsp3) is 0.880. The largest absolute Gasteiger partial charge is 0.462 e. The number of ether oxygens (including phenoxy) is 6. The molecule has 2 aliphatic heterocycles. The number of aliphatic hydroxyl groups is 7. The molecule has 0 aromatic carbocycles. The minimum absolute atomic E-state index is 0.163. The van der Waals surface area contributed by atoms with E-state index in [1.54, 1.807) is 0 Å². The lowest BCUT2D eigenvalue weighted by molar-refractivity contribution is -0.332. The van der Waals surface area contributed by atoms with Crippen LogP contribution in [0.25, 0.3) is 0 Å². The monoisotopic (exact) mass is 931 g/mol. The minimum Gasteiger partial charge on any atom is -0.462 e. The topological polar surface area (TPSA) is 231 Å². The highest BCUT2D eigenvalue weighted by atomic mass is 16.7. The fourth-order valence-electron chi connectivity index (χ4n) is 7.92. The van der Waals surface area contributed by atoms with Crippen LogP contribution in [0.1, 0.15) is 187 Å². The summed E-state index contributed by atoms with van der Waals surface area (Å²) in [6.45, 7) is 2.51. The molecule has 2 heterocycles. The molecule has 15 nitrogen and oxygen atoms in total. The zero-order valence-corrected chi connectivity index (χ0v) is 40.0. The Morgan fingerprint density at radius 3 is 1.42 bits per heavy atom. The maximum atomic E-state index is 13.0. The van der Waals surface area contributed by atoms with Crippen LogP contribution in [0.3, 0.4) is 0 Å². The normalized spacial score (nSPS) is 26.5. The van der Waals surface area contributed by atoms with E-state index in [0.717, 1.165) is 70.6 Å². The van der Waals surface area contributed by atoms with Crippen LogP contribution in [0, 0.1) is 0 Å². The number of unbranched alkanes of at least 4 members (excludes halogenated alkanes) is 21. The number of aliphatic hydroxyl groups excluding tert-OH is 7. The molecule has 2 rings (SSSR count). The van der Waals surface area contributed by atoms with Gasteiger partial charge < -0.3 is 64.2 Å². The Kier molecular flexibility index (Phi) is 34.5. The van der Waals surface area contributed by atoms with Gasteiger partial charge in [0.2, 0.25) is 0 Å². The summed E-state index contributed by atoms with van der Waals surface area (Å²) in [6.07, 6.45) is 20.8. The molecule has 11 unspecified atom stereocenters. The average Bonchev–Trinajstić information content (AvgIpc) is 3.30. The molecule has 0 aromatic rings. The third kappa shape index (κ3) is 26.4. The van der Waals surface area contributed by atoms with Crippen molar-refractivity contribution in [3.8, 4) is 0 Å². The molecule has 15 heteroatoms. The highest BCUT2D eigenvalue weighted by molar-refractivity contribution is 5.70. The fourth-order valence-corrected chi connectivity index (χ4v) is 7.92. The number of hydrogen-bond donors (Lipinski definition) is 7. The second kappa shape index (κ2) is 37.9. The van der Waals surface area contributed by atoms with Crippen molar-refractivity contribution in [3.05, 3.63) is 24.3 Å². The molecule has 2 saturated heterocycles. The summed E-state index contributed by atoms with van der Waals surface area (Å²) in [5.41, 5.74) is 0. The zero-order valence-electron chi connectivity index (χ0n) is 40.0. The first-order valence-electron chi connectivity index (χ1n) is 25.4. The lowest BCUT2D eigenvalue weighted by Crippen LogP contribution is -2.61. The summed E-state index contributed by atoms with van der Waals surface area (Å²) in [5, 5.41) is 72.0. The zero-order chi connectivity index (χ0) is 47.5. The lowest BCUT2D eigenvalue weighted by atomic mass is 9.98. The van der Waals surface area contributed by atoms with Gasteiger partial charge in [-0.25, -0.2) is 0 Å². The molecule has 0 aromatic heterocycles. The number of esters is 2. The summed E-state index contributed by atoms with van der Waals surface area (Å²) >= 11 is 0. The van der Waals surface area contributed by atoms with Crippen molar-refractivity contribution in [2.45, 2.75) is 255 Å². The molecule has 0 spiro atoms. The molecular formula is C50H90O15. The number of rotatable bonds is 39. The second-order valence-electron chi connectivity index (χ2n) is 18.0. The van der Waals surface area contributed by atoms with E-state index in [4.69, 9.17) is 28.4 Å². The van der Waals surface area contributed by atoms with Crippen molar-refractivity contribution < 1.29 is 73.8 Å². The van der Waals surface area contributed by atoms with Gasteiger partial charge in [0.15, 0.2) is 18.7 Å². The molecule has 0 saturated carbocycles. The summed E-state index contributed by atoms with van der Waals surface area (Å²) in [7, 11) is 0. The number of hydrogen-bond acceptors (Lipinski definition) is 15. The Morgan fingerprint density at radius 2 is 0.908 bits per heavy atom. The quantitative estimate of drug-likeness (QED) is 0.0192. The van der Waals surface area contributed by atoms with Gasteiger partial charge in [-0.05, 0) is 57.8 Å². The van der Waals surface area contributed by atoms with Gasteiger partial charge in [-0.1, -0.05) is 141 Å². The van der Waals surface area contributed by atoms with Crippen LogP contribution in [0.5, 0.6) is 0 Å². The van der Waals surface area contributed by atoms with Crippen molar-refractivity contribution in [3.63, 3.8) is 0 Å². The van der Waals surface area contributed by atoms with E-state index in [1.165, 1.54) is 77.0 Å². The van der Waals surface area contributed by atoms with Crippen molar-refractivity contribution in [1.82, 2.24) is 0 Å². The van der Waals surface area contributed by atoms with Gasteiger partial charge in [-0.3, -0.25) is 9.59 Å². The van der Waals surface area contributed by atoms with Gasteiger partial charge in [-0.2, -0.15) is 0 Å². The Hall–Kier alpha value is -2.02. The van der Waals surface area contributed by atoms with E-state index in [2.05, 4.69) is 38.2 Å². The third-order valence-electron chi connectivity index (χ3n) is 12.1. The summed E-state index contributed by atoms with van der Waals surface area (Å²) in [6, 6.07) is 0. The number of carbonyl (C=O) groups excluding carboxylic acids is 2. The van der Waals surface area contributed by atoms with E-state index in [-0.39, 0.29) is 26.1 Å². The van der Waals surface area contributed by atoms with Crippen LogP contribution in [0.4, 0.5) is 0 Å². The maximum absolute atomic E-state index is 13.0. The van der Waals surface area contributed by atoms with Crippen LogP contribution in [0.15, 0.2) is 24.3 Å². The molecule has 380 valence electrons. The minimum atomic E-state index is -1.76. The van der Waals surface area contributed by atoms with Gasteiger partial charge in [0.1, 0.15) is 55.4 Å². The Morgan fingerprint density at radius 1 is 0.477 bits per heavy atom. The molecule has 0 radical (unpaired) electrons. The Balaban J connectivity index is 1.79. The van der Waals surface area contributed by atoms with E-state index < -0.39 is 92.7 Å². The molecule has 0 bridgehead atoms. The molecular weight excluding hydrogens is 841 g/mol. The smallest absolute Gasteiger partial charge is 0.306 e. The second-order valence-corrected chi connectivity index (χ2v) is 18.0. The van der Waals surface area contributed by atoms with Gasteiger partial charge in [0.05, 0.1) is 19.8 Å². The number of allylic oxidation sites excluding steroid dienone is 4. The first-order chi connectivity index (χ1) is 31.5. The highest BCUT2D eigenvalue weighted by Crippen LogP contribution is 2.26. The summed E-state index contributed by atoms with van der Waals surface area (Å²) < 4.78 is 33.5. The van der Waals surface area contributed by atoms with Crippen molar-refractivity contribution in [2.75, 3.05) is 26.4 Å². The van der Waals surface area contributed by atoms with Gasteiger partial charge >= 0.3 is 11.9 Å². The first-order valence-corrected chi connectivity index (χ1v) is 25.4. The number of carbonyl (C=O) groups is 2. The van der Waals surface area contributed by atoms with Crippen LogP contribution in [0.2, 0.25) is 0 Å². The van der Waals surface area contributed by atoms with Gasteiger partial charge in [-0.15, -0.1) is 0 Å². The molecule has 2 aliphatic rings. The van der Waals surface area contributed by atoms with Crippen molar-refractivity contribution in [1.29, 1.82) is 0 Å². The third-order valence-corrected chi connectivity index (χ3v) is 12.1. The average molecular weight is 931 g/mol. The van der Waals surface area contributed by atoms with Crippen LogP contribution in [-0.2, 0) is 38.0 Å². The molecule has 11 atom stereocenters. The Labute approximate surface area is 390 Å². The van der Waals surface area contributed by atoms with Crippen LogP contribution < -0.4 is 0 Å². The predicted molar refractivity (Wildman–Crippen MR) is 247 cm³/mol. The summed E-state index contributed by atoms with van der Waals surface area (Å²) in [4.78, 5) is 25.7. The van der Waals surface area contributed by atoms with Gasteiger partial charge in [0, 0.05) is 12.8 Å². The van der Waals surface area contributed by atoms with Crippen molar-refractivity contribution in [2.24, 2.45) is 0 Å². The highest BCUT2D eigenvalue weighted by Gasteiger charge is 2.47. The summed E-state index contributed by atoms with van der Waals surface area (Å²) in [5.74, 6) is -0.936. The van der Waals surface area contributed by atoms with E-state index >= 15 is 0 Å². The lowest BCUT2D eigenvalue weighted by Gasteiger charge is -2.42. The predicted octanol–water partition coefficient (Wildman–Crippen LogP) is 6.77. The Bertz CT molecular complexity index is 1230. The van der Waals surface area contributed by atoms with Crippen LogP contribution in [-0.4, -0.2) is 142 Å². The molecule has 0 amide bonds. The molecule has 65 heavy (non-hydrogen) atoms. The maximum Gasteiger partial charge on any atom is 0.306 e. The van der Waals surface area contributed by atoms with E-state index in [9.17, 15) is 45.3 Å². The molecule has 0 aliphatic carbocycles. The standard InChI is InChI=1S/C50H90O15/c1-3-5-7-9-11-13-15-16-17-18-19-20-21-22-23-25-27-29-31-33-42(53)63-38(35-60-41(52)32-30-28-26-24-14-12-10-8-6-4-2)36-61-49-48(59)46(57)44(55)40(65-49)37-62-50-47(58)45(56)43(54)39(34-51)64-50/h8,10,16-17,38-40,43-51,54-59H,3-7,9,11-15,18-37H2,1-2H3/b10-8-,17-16-. The molecule has 7 N–H and O–H groups in total. The molecule has 2 fully saturated rings. The van der Waals surface area contributed by atoms with Gasteiger partial charge in [0.25, 0.3) is 0 Å².